The van der Waals surface area contributed by atoms with Crippen molar-refractivity contribution in [2.45, 2.75) is 9.10 Å². The van der Waals surface area contributed by atoms with Gasteiger partial charge in [-0.15, -0.1) is 0 Å². The highest BCUT2D eigenvalue weighted by molar-refractivity contribution is 7.93. The van der Waals surface area contributed by atoms with Gasteiger partial charge in [0, 0.05) is 12.1 Å². The number of aromatic nitrogens is 1. The van der Waals surface area contributed by atoms with Crippen LogP contribution in [0.1, 0.15) is 0 Å². The Hall–Kier alpha value is -3.91. The van der Waals surface area contributed by atoms with Gasteiger partial charge in [-0.2, -0.15) is 0 Å². The fourth-order valence-electron chi connectivity index (χ4n) is 2.35. The molecular formula is C19H14FN3O8S2. The number of halogens is 1. The monoisotopic (exact) mass is 495 g/mol. The Morgan fingerprint density at radius 3 is 2.48 bits per heavy atom. The van der Waals surface area contributed by atoms with Crippen LogP contribution in [0.15, 0.2) is 63.8 Å². The maximum Gasteiger partial charge on any atom is 0.344 e. The molecular weight excluding hydrogens is 481 g/mol. The summed E-state index contributed by atoms with van der Waals surface area (Å²) in [5.41, 5.74) is -0.264. The SMILES string of the molecule is O=C(COC(=O)COc1ccccc1F)Nc1ncc(S(=O)(=O)c2ccc([N+](=O)[O-])cc2)s1. The summed E-state index contributed by atoms with van der Waals surface area (Å²) < 4.78 is 48.1. The minimum absolute atomic E-state index is 0.0702. The molecule has 0 saturated heterocycles. The Labute approximate surface area is 189 Å². The van der Waals surface area contributed by atoms with E-state index in [0.29, 0.717) is 11.3 Å². The van der Waals surface area contributed by atoms with E-state index in [4.69, 9.17) is 9.47 Å². The Morgan fingerprint density at radius 1 is 1.12 bits per heavy atom. The van der Waals surface area contributed by atoms with Gasteiger partial charge in [0.25, 0.3) is 11.6 Å². The zero-order valence-electron chi connectivity index (χ0n) is 16.5. The highest BCUT2D eigenvalue weighted by Gasteiger charge is 2.22. The molecule has 0 fully saturated rings. The number of rotatable bonds is 9. The molecule has 33 heavy (non-hydrogen) atoms. The molecule has 0 aliphatic heterocycles. The molecule has 0 aliphatic rings. The van der Waals surface area contributed by atoms with E-state index in [-0.39, 0.29) is 25.7 Å². The average molecular weight is 495 g/mol. The van der Waals surface area contributed by atoms with Gasteiger partial charge < -0.3 is 9.47 Å². The van der Waals surface area contributed by atoms with Crippen molar-refractivity contribution in [3.63, 3.8) is 0 Å². The third-order valence-electron chi connectivity index (χ3n) is 3.90. The van der Waals surface area contributed by atoms with Crippen molar-refractivity contribution >= 4 is 43.9 Å². The van der Waals surface area contributed by atoms with Crippen molar-refractivity contribution in [3.8, 4) is 5.75 Å². The van der Waals surface area contributed by atoms with Gasteiger partial charge in [0.05, 0.1) is 16.0 Å². The first kappa shape index (κ1) is 23.7. The summed E-state index contributed by atoms with van der Waals surface area (Å²) in [7, 11) is -4.01. The lowest BCUT2D eigenvalue weighted by molar-refractivity contribution is -0.384. The molecule has 1 heterocycles. The van der Waals surface area contributed by atoms with E-state index >= 15 is 0 Å². The van der Waals surface area contributed by atoms with Crippen LogP contribution >= 0.6 is 11.3 Å². The summed E-state index contributed by atoms with van der Waals surface area (Å²) in [5, 5.41) is 12.9. The smallest absolute Gasteiger partial charge is 0.344 e. The minimum Gasteiger partial charge on any atom is -0.479 e. The van der Waals surface area contributed by atoms with Crippen LogP contribution in [0.5, 0.6) is 5.75 Å². The van der Waals surface area contributed by atoms with E-state index in [0.717, 1.165) is 36.5 Å². The molecule has 0 aliphatic carbocycles. The molecule has 172 valence electrons. The summed E-state index contributed by atoms with van der Waals surface area (Å²) in [5.74, 6) is -2.52. The van der Waals surface area contributed by atoms with Crippen LogP contribution in [0.25, 0.3) is 0 Å². The zero-order chi connectivity index (χ0) is 24.0. The van der Waals surface area contributed by atoms with Gasteiger partial charge >= 0.3 is 5.97 Å². The van der Waals surface area contributed by atoms with Crippen LogP contribution in [0.3, 0.4) is 0 Å². The van der Waals surface area contributed by atoms with Gasteiger partial charge in [-0.1, -0.05) is 23.5 Å². The number of carbonyl (C=O) groups excluding carboxylic acids is 2. The van der Waals surface area contributed by atoms with Crippen LogP contribution in [0, 0.1) is 15.9 Å². The molecule has 3 aromatic rings. The summed E-state index contributed by atoms with van der Waals surface area (Å²) in [6, 6.07) is 9.73. The third-order valence-corrected chi connectivity index (χ3v) is 7.04. The summed E-state index contributed by atoms with van der Waals surface area (Å²) in [6.07, 6.45) is 1.02. The molecule has 0 radical (unpaired) electrons. The highest BCUT2D eigenvalue weighted by atomic mass is 32.2. The van der Waals surface area contributed by atoms with Crippen molar-refractivity contribution in [2.75, 3.05) is 18.5 Å². The second kappa shape index (κ2) is 10.1. The molecule has 0 saturated carbocycles. The van der Waals surface area contributed by atoms with Crippen molar-refractivity contribution < 1.29 is 36.8 Å². The number of esters is 1. The van der Waals surface area contributed by atoms with E-state index in [1.54, 1.807) is 0 Å². The number of nitro benzene ring substituents is 1. The van der Waals surface area contributed by atoms with E-state index in [9.17, 15) is 32.5 Å². The molecule has 1 N–H and O–H groups in total. The van der Waals surface area contributed by atoms with Gasteiger partial charge in [0.2, 0.25) is 9.84 Å². The number of hydrogen-bond donors (Lipinski definition) is 1. The number of anilines is 1. The number of amides is 1. The molecule has 3 rings (SSSR count). The number of nitro groups is 1. The Bertz CT molecular complexity index is 1290. The van der Waals surface area contributed by atoms with Crippen LogP contribution in [0.2, 0.25) is 0 Å². The lowest BCUT2D eigenvalue weighted by Gasteiger charge is -2.07. The normalized spacial score (nSPS) is 10.9. The fraction of sp³-hybridized carbons (Fsp3) is 0.105. The van der Waals surface area contributed by atoms with Gasteiger partial charge in [0.15, 0.2) is 29.9 Å². The fourth-order valence-corrected chi connectivity index (χ4v) is 4.79. The predicted octanol–water partition coefficient (Wildman–Crippen LogP) is 2.58. The lowest BCUT2D eigenvalue weighted by Crippen LogP contribution is -2.23. The number of carbonyl (C=O) groups is 2. The van der Waals surface area contributed by atoms with Crippen LogP contribution in [0.4, 0.5) is 15.2 Å². The maximum atomic E-state index is 13.4. The van der Waals surface area contributed by atoms with Gasteiger partial charge in [0.1, 0.15) is 4.21 Å². The molecule has 0 atom stereocenters. The quantitative estimate of drug-likeness (QED) is 0.268. The second-order valence-electron chi connectivity index (χ2n) is 6.17. The average Bonchev–Trinajstić information content (AvgIpc) is 3.26. The molecule has 11 nitrogen and oxygen atoms in total. The number of non-ortho nitro benzene ring substituents is 1. The van der Waals surface area contributed by atoms with Crippen molar-refractivity contribution in [3.05, 3.63) is 70.7 Å². The Balaban J connectivity index is 1.53. The summed E-state index contributed by atoms with van der Waals surface area (Å²) >= 11 is 0.645. The van der Waals surface area contributed by atoms with Gasteiger partial charge in [-0.05, 0) is 24.3 Å². The van der Waals surface area contributed by atoms with Gasteiger partial charge in [-0.3, -0.25) is 20.2 Å². The zero-order valence-corrected chi connectivity index (χ0v) is 18.1. The minimum atomic E-state index is -4.01. The Kier molecular flexibility index (Phi) is 7.30. The van der Waals surface area contributed by atoms with Crippen LogP contribution in [-0.2, 0) is 24.2 Å². The molecule has 14 heteroatoms. The molecule has 1 aromatic heterocycles. The van der Waals surface area contributed by atoms with Crippen LogP contribution in [-0.4, -0.2) is 43.4 Å². The predicted molar refractivity (Wildman–Crippen MR) is 112 cm³/mol. The molecule has 0 unspecified atom stereocenters. The molecule has 2 aromatic carbocycles. The topological polar surface area (TPSA) is 155 Å². The van der Waals surface area contributed by atoms with E-state index < -0.39 is 45.7 Å². The summed E-state index contributed by atoms with van der Waals surface area (Å²) in [4.78, 5) is 37.3. The van der Waals surface area contributed by atoms with Crippen molar-refractivity contribution in [2.24, 2.45) is 0 Å². The second-order valence-corrected chi connectivity index (χ2v) is 9.37. The van der Waals surface area contributed by atoms with E-state index in [1.807, 2.05) is 0 Å². The van der Waals surface area contributed by atoms with E-state index in [1.165, 1.54) is 18.2 Å². The largest absolute Gasteiger partial charge is 0.479 e. The van der Waals surface area contributed by atoms with Crippen molar-refractivity contribution in [1.82, 2.24) is 4.98 Å². The first-order valence-electron chi connectivity index (χ1n) is 8.95. The molecule has 1 amide bonds. The van der Waals surface area contributed by atoms with Crippen LogP contribution < -0.4 is 10.1 Å². The number of thiazole rings is 1. The number of ether oxygens (including phenoxy) is 2. The number of benzene rings is 2. The number of sulfone groups is 1. The number of para-hydroxylation sites is 1. The molecule has 0 spiro atoms. The highest BCUT2D eigenvalue weighted by Crippen LogP contribution is 2.29. The third kappa shape index (κ3) is 6.08. The number of nitrogens with zero attached hydrogens (tertiary/aromatic N) is 2. The van der Waals surface area contributed by atoms with E-state index in [2.05, 4.69) is 10.3 Å². The first-order valence-corrected chi connectivity index (χ1v) is 11.2. The van der Waals surface area contributed by atoms with Gasteiger partial charge in [-0.25, -0.2) is 22.6 Å². The number of nitrogens with one attached hydrogen (secondary N) is 1. The summed E-state index contributed by atoms with van der Waals surface area (Å²) in [6.45, 7) is -1.33. The van der Waals surface area contributed by atoms with Crippen molar-refractivity contribution in [1.29, 1.82) is 0 Å². The standard InChI is InChI=1S/C19H14FN3O8S2/c20-14-3-1-2-4-15(14)30-11-17(25)31-10-16(24)22-19-21-9-18(32-19)33(28,29)13-7-5-12(6-8-13)23(26)27/h1-9H,10-11H2,(H,21,22,24). The molecule has 0 bridgehead atoms. The Morgan fingerprint density at radius 2 is 1.82 bits per heavy atom. The number of hydrogen-bond acceptors (Lipinski definition) is 10. The lowest BCUT2D eigenvalue weighted by atomic mass is 10.3. The maximum absolute atomic E-state index is 13.4. The first-order chi connectivity index (χ1) is 15.7.